The van der Waals surface area contributed by atoms with Crippen molar-refractivity contribution < 1.29 is 28.5 Å². The molecule has 183 valence electrons. The molecule has 10 heteroatoms. The predicted octanol–water partition coefficient (Wildman–Crippen LogP) is 5.86. The second-order valence-electron chi connectivity index (χ2n) is 7.40. The maximum absolute atomic E-state index is 13.0. The first kappa shape index (κ1) is 27.2. The van der Waals surface area contributed by atoms with E-state index in [0.29, 0.717) is 32.7 Å². The maximum Gasteiger partial charge on any atom is 0.142 e. The Kier molecular flexibility index (Phi) is 8.85. The molecule has 3 aromatic carbocycles. The van der Waals surface area contributed by atoms with E-state index in [9.17, 15) is 28.5 Å². The van der Waals surface area contributed by atoms with Gasteiger partial charge in [-0.25, -0.2) is 13.2 Å². The van der Waals surface area contributed by atoms with Gasteiger partial charge in [0.15, 0.2) is 0 Å². The minimum atomic E-state index is -0.365. The van der Waals surface area contributed by atoms with Crippen LogP contribution in [0.15, 0.2) is 91.4 Å². The van der Waals surface area contributed by atoms with Gasteiger partial charge in [0, 0.05) is 52.1 Å². The van der Waals surface area contributed by atoms with Gasteiger partial charge in [0.2, 0.25) is 0 Å². The van der Waals surface area contributed by atoms with Crippen molar-refractivity contribution in [2.75, 3.05) is 0 Å². The highest BCUT2D eigenvalue weighted by Crippen LogP contribution is 2.25. The topological polar surface area (TPSA) is 99.4 Å². The van der Waals surface area contributed by atoms with E-state index < -0.39 is 0 Å². The molecule has 6 aromatic rings. The Morgan fingerprint density at radius 3 is 0.946 bits per heavy atom. The fraction of sp³-hybridized carbons (Fsp3) is 0. The molecule has 0 saturated carbocycles. The first-order valence-electron chi connectivity index (χ1n) is 10.5. The number of pyridine rings is 3. The van der Waals surface area contributed by atoms with Crippen LogP contribution < -0.4 is 0 Å². The number of rotatable bonds is 0. The van der Waals surface area contributed by atoms with Gasteiger partial charge < -0.3 is 15.3 Å². The molecule has 37 heavy (non-hydrogen) atoms. The zero-order valence-corrected chi connectivity index (χ0v) is 20.2. The molecular formula is C27H18AlF3N3O3. The van der Waals surface area contributed by atoms with Crippen LogP contribution >= 0.6 is 0 Å². The van der Waals surface area contributed by atoms with E-state index in [4.69, 9.17) is 0 Å². The summed E-state index contributed by atoms with van der Waals surface area (Å²) in [7, 11) is 0. The normalized spacial score (nSPS) is 10.1. The largest absolute Gasteiger partial charge is 0.506 e. The zero-order valence-electron chi connectivity index (χ0n) is 19.1. The minimum Gasteiger partial charge on any atom is -0.506 e. The van der Waals surface area contributed by atoms with Crippen molar-refractivity contribution in [3.63, 3.8) is 0 Å². The molecule has 0 saturated heterocycles. The molecule has 0 aliphatic carbocycles. The molecule has 3 N–H and O–H groups in total. The van der Waals surface area contributed by atoms with Gasteiger partial charge in [0.25, 0.3) is 0 Å². The first-order valence-corrected chi connectivity index (χ1v) is 10.5. The molecule has 0 amide bonds. The molecule has 0 atom stereocenters. The van der Waals surface area contributed by atoms with Crippen LogP contribution in [0.1, 0.15) is 0 Å². The van der Waals surface area contributed by atoms with Crippen molar-refractivity contribution in [3.8, 4) is 17.2 Å². The number of phenolic OH excluding ortho intramolecular Hbond substituents is 3. The van der Waals surface area contributed by atoms with Gasteiger partial charge in [0.05, 0.1) is 0 Å². The predicted molar refractivity (Wildman–Crippen MR) is 136 cm³/mol. The molecule has 0 spiro atoms. The SMILES string of the molecule is Oc1ccc(F)c2cccnc12.Oc1ccc(F)c2cccnc12.Oc1ccc(F)c2cccnc12.[Al]. The number of aromatic hydroxyl groups is 3. The molecule has 0 fully saturated rings. The Hall–Kier alpha value is -4.39. The van der Waals surface area contributed by atoms with Crippen molar-refractivity contribution >= 4 is 50.1 Å². The molecule has 0 bridgehead atoms. The van der Waals surface area contributed by atoms with Crippen LogP contribution in [0, 0.1) is 17.5 Å². The summed E-state index contributed by atoms with van der Waals surface area (Å²) in [5.74, 6) is -1.08. The highest BCUT2D eigenvalue weighted by atomic mass is 27.0. The zero-order chi connectivity index (χ0) is 25.7. The summed E-state index contributed by atoms with van der Waals surface area (Å²) in [5.41, 5.74) is 0.910. The van der Waals surface area contributed by atoms with E-state index in [1.54, 1.807) is 36.4 Å². The van der Waals surface area contributed by atoms with Crippen LogP contribution in [0.4, 0.5) is 13.2 Å². The van der Waals surface area contributed by atoms with Crippen molar-refractivity contribution in [1.82, 2.24) is 15.0 Å². The summed E-state index contributed by atoms with van der Waals surface area (Å²) in [5, 5.41) is 28.8. The number of aromatic nitrogens is 3. The number of hydrogen-bond donors (Lipinski definition) is 3. The third kappa shape index (κ3) is 6.06. The molecule has 6 nitrogen and oxygen atoms in total. The average Bonchev–Trinajstić information content (AvgIpc) is 2.92. The van der Waals surface area contributed by atoms with Gasteiger partial charge in [-0.3, -0.25) is 15.0 Å². The van der Waals surface area contributed by atoms with Crippen LogP contribution in [-0.2, 0) is 0 Å². The van der Waals surface area contributed by atoms with E-state index >= 15 is 0 Å². The van der Waals surface area contributed by atoms with Gasteiger partial charge in [-0.1, -0.05) is 0 Å². The fourth-order valence-electron chi connectivity index (χ4n) is 3.37. The van der Waals surface area contributed by atoms with E-state index in [1.165, 1.54) is 55.0 Å². The van der Waals surface area contributed by atoms with Crippen LogP contribution in [0.5, 0.6) is 17.2 Å². The standard InChI is InChI=1S/3C9H6FNO.Al/c3*10-7-3-4-8(12)9-6(7)2-1-5-11-9;/h3*1-5,12H;. The quantitative estimate of drug-likeness (QED) is 0.219. The minimum absolute atomic E-state index is 0. The van der Waals surface area contributed by atoms with Gasteiger partial charge in [0.1, 0.15) is 51.3 Å². The number of nitrogens with zero attached hydrogens (tertiary/aromatic N) is 3. The molecule has 3 aromatic heterocycles. The van der Waals surface area contributed by atoms with Crippen molar-refractivity contribution in [2.45, 2.75) is 0 Å². The van der Waals surface area contributed by atoms with E-state index in [-0.39, 0.29) is 52.1 Å². The molecule has 6 rings (SSSR count). The van der Waals surface area contributed by atoms with Crippen molar-refractivity contribution in [3.05, 3.63) is 109 Å². The Balaban J connectivity index is 0.000000152. The summed E-state index contributed by atoms with van der Waals surface area (Å²) < 4.78 is 39.0. The Morgan fingerprint density at radius 1 is 0.432 bits per heavy atom. The summed E-state index contributed by atoms with van der Waals surface area (Å²) >= 11 is 0. The molecule has 0 aliphatic rings. The van der Waals surface area contributed by atoms with E-state index in [0.717, 1.165) is 0 Å². The van der Waals surface area contributed by atoms with E-state index in [2.05, 4.69) is 15.0 Å². The molecule has 0 unspecified atom stereocenters. The van der Waals surface area contributed by atoms with Gasteiger partial charge in [-0.15, -0.1) is 0 Å². The highest BCUT2D eigenvalue weighted by Gasteiger charge is 2.05. The second-order valence-corrected chi connectivity index (χ2v) is 7.40. The van der Waals surface area contributed by atoms with Crippen LogP contribution in [0.3, 0.4) is 0 Å². The number of fused-ring (bicyclic) bond motifs is 3. The third-order valence-electron chi connectivity index (χ3n) is 5.09. The monoisotopic (exact) mass is 516 g/mol. The fourth-order valence-corrected chi connectivity index (χ4v) is 3.37. The Morgan fingerprint density at radius 2 is 0.703 bits per heavy atom. The smallest absolute Gasteiger partial charge is 0.142 e. The lowest BCUT2D eigenvalue weighted by molar-refractivity contribution is 0.478. The van der Waals surface area contributed by atoms with Crippen LogP contribution in [-0.4, -0.2) is 47.6 Å². The van der Waals surface area contributed by atoms with Crippen molar-refractivity contribution in [2.24, 2.45) is 0 Å². The molecule has 3 heterocycles. The molecular weight excluding hydrogens is 498 g/mol. The maximum atomic E-state index is 13.0. The van der Waals surface area contributed by atoms with Gasteiger partial charge >= 0.3 is 0 Å². The lowest BCUT2D eigenvalue weighted by Gasteiger charge is -1.99. The number of hydrogen-bond acceptors (Lipinski definition) is 6. The van der Waals surface area contributed by atoms with Crippen molar-refractivity contribution in [1.29, 1.82) is 0 Å². The second kappa shape index (κ2) is 12.0. The highest BCUT2D eigenvalue weighted by molar-refractivity contribution is 5.85. The van der Waals surface area contributed by atoms with E-state index in [1.807, 2.05) is 0 Å². The average molecular weight is 516 g/mol. The summed E-state index contributed by atoms with van der Waals surface area (Å²) in [6, 6.07) is 17.2. The lowest BCUT2D eigenvalue weighted by atomic mass is 10.2. The summed E-state index contributed by atoms with van der Waals surface area (Å²) in [4.78, 5) is 11.6. The number of phenols is 3. The summed E-state index contributed by atoms with van der Waals surface area (Å²) in [6.07, 6.45) is 4.55. The Labute approximate surface area is 219 Å². The molecule has 3 radical (unpaired) electrons. The number of benzene rings is 3. The van der Waals surface area contributed by atoms with Gasteiger partial charge in [-0.2, -0.15) is 0 Å². The first-order chi connectivity index (χ1) is 17.4. The number of halogens is 3. The van der Waals surface area contributed by atoms with Crippen LogP contribution in [0.2, 0.25) is 0 Å². The lowest BCUT2D eigenvalue weighted by Crippen LogP contribution is -1.82. The van der Waals surface area contributed by atoms with Gasteiger partial charge in [-0.05, 0) is 72.8 Å². The summed E-state index contributed by atoms with van der Waals surface area (Å²) in [6.45, 7) is 0. The Bertz CT molecular complexity index is 1370. The van der Waals surface area contributed by atoms with Crippen LogP contribution in [0.25, 0.3) is 32.7 Å². The molecule has 0 aliphatic heterocycles. The third-order valence-corrected chi connectivity index (χ3v) is 5.09.